The standard InChI is InChI=1S/C20H20O5/c1-13(14(2)19(21)22)16-9-10-18(24-3)17(11-16)20(23)25-12-15-7-5-4-6-8-15/h4-11,13H,2,12H2,1,3H3,(H,21,22). The molecule has 0 radical (unpaired) electrons. The van der Waals surface area contributed by atoms with E-state index in [1.165, 1.54) is 7.11 Å². The smallest absolute Gasteiger partial charge is 0.342 e. The molecule has 130 valence electrons. The van der Waals surface area contributed by atoms with Crippen LogP contribution in [-0.4, -0.2) is 24.2 Å². The summed E-state index contributed by atoms with van der Waals surface area (Å²) in [5.41, 5.74) is 1.83. The van der Waals surface area contributed by atoms with Crippen molar-refractivity contribution in [2.75, 3.05) is 7.11 Å². The summed E-state index contributed by atoms with van der Waals surface area (Å²) in [6.07, 6.45) is 0. The number of carboxylic acid groups (broad SMARTS) is 1. The van der Waals surface area contributed by atoms with E-state index in [4.69, 9.17) is 14.6 Å². The first-order valence-electron chi connectivity index (χ1n) is 7.75. The molecule has 0 aliphatic rings. The number of hydrogen-bond donors (Lipinski definition) is 1. The van der Waals surface area contributed by atoms with Gasteiger partial charge in [0.25, 0.3) is 0 Å². The van der Waals surface area contributed by atoms with Crippen molar-refractivity contribution in [3.8, 4) is 5.75 Å². The Morgan fingerprint density at radius 2 is 1.84 bits per heavy atom. The first-order valence-corrected chi connectivity index (χ1v) is 7.75. The zero-order chi connectivity index (χ0) is 18.4. The summed E-state index contributed by atoms with van der Waals surface area (Å²) in [6, 6.07) is 14.3. The van der Waals surface area contributed by atoms with E-state index in [1.807, 2.05) is 30.3 Å². The molecule has 5 heteroatoms. The van der Waals surface area contributed by atoms with Gasteiger partial charge in [0.05, 0.1) is 7.11 Å². The molecule has 0 bridgehead atoms. The van der Waals surface area contributed by atoms with Gasteiger partial charge in [-0.2, -0.15) is 0 Å². The van der Waals surface area contributed by atoms with E-state index < -0.39 is 17.9 Å². The van der Waals surface area contributed by atoms with Crippen molar-refractivity contribution in [2.45, 2.75) is 19.4 Å². The van der Waals surface area contributed by atoms with Crippen LogP contribution in [-0.2, 0) is 16.1 Å². The number of hydrogen-bond acceptors (Lipinski definition) is 4. The highest BCUT2D eigenvalue weighted by Crippen LogP contribution is 2.28. The molecular formula is C20H20O5. The van der Waals surface area contributed by atoms with Gasteiger partial charge in [-0.15, -0.1) is 0 Å². The first kappa shape index (κ1) is 18.3. The van der Waals surface area contributed by atoms with Gasteiger partial charge in [-0.1, -0.05) is 49.9 Å². The molecule has 1 unspecified atom stereocenters. The molecule has 25 heavy (non-hydrogen) atoms. The van der Waals surface area contributed by atoms with Gasteiger partial charge in [-0.25, -0.2) is 9.59 Å². The number of esters is 1. The summed E-state index contributed by atoms with van der Waals surface area (Å²) in [7, 11) is 1.46. The molecule has 0 saturated carbocycles. The van der Waals surface area contributed by atoms with E-state index in [1.54, 1.807) is 25.1 Å². The minimum Gasteiger partial charge on any atom is -0.496 e. The molecule has 0 aliphatic heterocycles. The van der Waals surface area contributed by atoms with E-state index in [-0.39, 0.29) is 17.7 Å². The molecule has 0 aromatic heterocycles. The molecule has 0 heterocycles. The Bertz CT molecular complexity index is 780. The summed E-state index contributed by atoms with van der Waals surface area (Å²) < 4.78 is 10.6. The molecule has 2 aromatic carbocycles. The monoisotopic (exact) mass is 340 g/mol. The second-order valence-electron chi connectivity index (χ2n) is 5.57. The topological polar surface area (TPSA) is 72.8 Å². The predicted molar refractivity (Wildman–Crippen MR) is 93.7 cm³/mol. The van der Waals surface area contributed by atoms with Crippen molar-refractivity contribution >= 4 is 11.9 Å². The molecule has 1 atom stereocenters. The quantitative estimate of drug-likeness (QED) is 0.613. The SMILES string of the molecule is C=C(C(=O)O)C(C)c1ccc(OC)c(C(=O)OCc2ccccc2)c1. The zero-order valence-electron chi connectivity index (χ0n) is 14.2. The van der Waals surface area contributed by atoms with E-state index in [9.17, 15) is 9.59 Å². The van der Waals surface area contributed by atoms with Gasteiger partial charge in [0.1, 0.15) is 17.9 Å². The summed E-state index contributed by atoms with van der Waals surface area (Å²) in [6.45, 7) is 5.44. The number of carboxylic acids is 1. The van der Waals surface area contributed by atoms with Gasteiger partial charge in [-0.05, 0) is 23.3 Å². The van der Waals surface area contributed by atoms with Crippen LogP contribution in [0.15, 0.2) is 60.7 Å². The van der Waals surface area contributed by atoms with Crippen LogP contribution in [0, 0.1) is 0 Å². The zero-order valence-corrected chi connectivity index (χ0v) is 14.2. The Morgan fingerprint density at radius 1 is 1.16 bits per heavy atom. The third kappa shape index (κ3) is 4.47. The van der Waals surface area contributed by atoms with Gasteiger partial charge in [-0.3, -0.25) is 0 Å². The third-order valence-electron chi connectivity index (χ3n) is 3.95. The fraction of sp³-hybridized carbons (Fsp3) is 0.200. The molecule has 0 amide bonds. The lowest BCUT2D eigenvalue weighted by atomic mass is 9.92. The fourth-order valence-electron chi connectivity index (χ4n) is 2.34. The van der Waals surface area contributed by atoms with E-state index in [0.717, 1.165) is 5.56 Å². The van der Waals surface area contributed by atoms with Crippen molar-refractivity contribution in [2.24, 2.45) is 0 Å². The lowest BCUT2D eigenvalue weighted by Gasteiger charge is -2.15. The average Bonchev–Trinajstić information content (AvgIpc) is 2.65. The number of rotatable bonds is 7. The van der Waals surface area contributed by atoms with Crippen molar-refractivity contribution in [3.63, 3.8) is 0 Å². The molecule has 2 aromatic rings. The van der Waals surface area contributed by atoms with Gasteiger partial charge < -0.3 is 14.6 Å². The predicted octanol–water partition coefficient (Wildman–Crippen LogP) is 3.80. The number of aliphatic carboxylic acids is 1. The number of ether oxygens (including phenoxy) is 2. The molecule has 0 fully saturated rings. The lowest BCUT2D eigenvalue weighted by Crippen LogP contribution is -2.11. The Morgan fingerprint density at radius 3 is 2.44 bits per heavy atom. The molecule has 0 saturated heterocycles. The summed E-state index contributed by atoms with van der Waals surface area (Å²) in [4.78, 5) is 23.5. The van der Waals surface area contributed by atoms with Gasteiger partial charge in [0, 0.05) is 11.5 Å². The van der Waals surface area contributed by atoms with Crippen LogP contribution < -0.4 is 4.74 Å². The molecular weight excluding hydrogens is 320 g/mol. The van der Waals surface area contributed by atoms with Gasteiger partial charge in [0.2, 0.25) is 0 Å². The van der Waals surface area contributed by atoms with E-state index in [0.29, 0.717) is 11.3 Å². The Balaban J connectivity index is 2.22. The first-order chi connectivity index (χ1) is 11.9. The second kappa shape index (κ2) is 8.15. The van der Waals surface area contributed by atoms with Crippen LogP contribution in [0.4, 0.5) is 0 Å². The van der Waals surface area contributed by atoms with Crippen LogP contribution in [0.2, 0.25) is 0 Å². The fourth-order valence-corrected chi connectivity index (χ4v) is 2.34. The average molecular weight is 340 g/mol. The lowest BCUT2D eigenvalue weighted by molar-refractivity contribution is -0.132. The molecule has 5 nitrogen and oxygen atoms in total. The van der Waals surface area contributed by atoms with Crippen LogP contribution in [0.3, 0.4) is 0 Å². The van der Waals surface area contributed by atoms with Crippen LogP contribution in [0.1, 0.15) is 34.3 Å². The highest BCUT2D eigenvalue weighted by molar-refractivity contribution is 5.93. The summed E-state index contributed by atoms with van der Waals surface area (Å²) >= 11 is 0. The van der Waals surface area contributed by atoms with Crippen LogP contribution in [0.25, 0.3) is 0 Å². The number of carbonyl (C=O) groups is 2. The maximum absolute atomic E-state index is 12.4. The minimum absolute atomic E-state index is 0.0498. The van der Waals surface area contributed by atoms with Crippen molar-refractivity contribution < 1.29 is 24.2 Å². The molecule has 2 rings (SSSR count). The largest absolute Gasteiger partial charge is 0.496 e. The second-order valence-corrected chi connectivity index (χ2v) is 5.57. The van der Waals surface area contributed by atoms with Crippen molar-refractivity contribution in [1.29, 1.82) is 0 Å². The number of benzene rings is 2. The maximum Gasteiger partial charge on any atom is 0.342 e. The number of methoxy groups -OCH3 is 1. The Kier molecular flexibility index (Phi) is 5.95. The maximum atomic E-state index is 12.4. The Labute approximate surface area is 146 Å². The highest BCUT2D eigenvalue weighted by Gasteiger charge is 2.20. The third-order valence-corrected chi connectivity index (χ3v) is 3.95. The van der Waals surface area contributed by atoms with E-state index in [2.05, 4.69) is 6.58 Å². The molecule has 1 N–H and O–H groups in total. The Hall–Kier alpha value is -3.08. The molecule has 0 spiro atoms. The van der Waals surface area contributed by atoms with Crippen molar-refractivity contribution in [1.82, 2.24) is 0 Å². The summed E-state index contributed by atoms with van der Waals surface area (Å²) in [5, 5.41) is 9.09. The van der Waals surface area contributed by atoms with Crippen LogP contribution in [0.5, 0.6) is 5.75 Å². The summed E-state index contributed by atoms with van der Waals surface area (Å²) in [5.74, 6) is -1.67. The van der Waals surface area contributed by atoms with Crippen LogP contribution >= 0.6 is 0 Å². The van der Waals surface area contributed by atoms with Crippen molar-refractivity contribution in [3.05, 3.63) is 77.4 Å². The van der Waals surface area contributed by atoms with Gasteiger partial charge in [0.15, 0.2) is 0 Å². The highest BCUT2D eigenvalue weighted by atomic mass is 16.5. The van der Waals surface area contributed by atoms with E-state index >= 15 is 0 Å². The minimum atomic E-state index is -1.07. The normalized spacial score (nSPS) is 11.4. The number of carbonyl (C=O) groups excluding carboxylic acids is 1. The molecule has 0 aliphatic carbocycles. The van der Waals surface area contributed by atoms with Gasteiger partial charge >= 0.3 is 11.9 Å².